The van der Waals surface area contributed by atoms with Gasteiger partial charge in [-0.1, -0.05) is 0 Å². The van der Waals surface area contributed by atoms with Crippen molar-refractivity contribution in [2.45, 2.75) is 17.7 Å². The molecule has 9 heteroatoms. The van der Waals surface area contributed by atoms with Crippen molar-refractivity contribution < 1.29 is 22.0 Å². The first-order valence-electron chi connectivity index (χ1n) is 9.22. The number of hydrogen-bond acceptors (Lipinski definition) is 3. The summed E-state index contributed by atoms with van der Waals surface area (Å²) < 4.78 is 54.8. The molecule has 1 heterocycles. The van der Waals surface area contributed by atoms with Gasteiger partial charge in [0.15, 0.2) is 0 Å². The van der Waals surface area contributed by atoms with Gasteiger partial charge in [-0.2, -0.15) is 0 Å². The van der Waals surface area contributed by atoms with E-state index in [0.717, 1.165) is 16.4 Å². The monoisotopic (exact) mass is 433 g/mol. The fourth-order valence-corrected chi connectivity index (χ4v) is 4.07. The zero-order valence-electron chi connectivity index (χ0n) is 16.3. The maximum atomic E-state index is 14.1. The Morgan fingerprint density at radius 1 is 1.07 bits per heavy atom. The van der Waals surface area contributed by atoms with E-state index in [4.69, 9.17) is 0 Å². The standard InChI is InChI=1S/C21H21F2N3O3S/c1-25(30(28,29)18-9-6-16(22)7-10-18)12-4-5-21(27)24-20-15-17(8-11-19(20)23)26-13-2-3-14-26/h2-3,6-11,13-15H,4-5,12H2,1H3,(H,24,27). The van der Waals surface area contributed by atoms with Crippen molar-refractivity contribution in [1.29, 1.82) is 0 Å². The number of anilines is 1. The van der Waals surface area contributed by atoms with Crippen LogP contribution in [-0.4, -0.2) is 36.8 Å². The summed E-state index contributed by atoms with van der Waals surface area (Å²) in [6.07, 6.45) is 3.85. The molecule has 0 spiro atoms. The summed E-state index contributed by atoms with van der Waals surface area (Å²) in [4.78, 5) is 12.2. The molecule has 3 aromatic rings. The number of carbonyl (C=O) groups excluding carboxylic acids is 1. The van der Waals surface area contributed by atoms with Gasteiger partial charge in [-0.15, -0.1) is 0 Å². The molecule has 0 fully saturated rings. The maximum Gasteiger partial charge on any atom is 0.242 e. The van der Waals surface area contributed by atoms with Gasteiger partial charge in [0.25, 0.3) is 0 Å². The second-order valence-corrected chi connectivity index (χ2v) is 8.73. The Morgan fingerprint density at radius 3 is 2.40 bits per heavy atom. The average Bonchev–Trinajstić information content (AvgIpc) is 3.24. The highest BCUT2D eigenvalue weighted by Gasteiger charge is 2.20. The van der Waals surface area contributed by atoms with Crippen LogP contribution in [0.2, 0.25) is 0 Å². The van der Waals surface area contributed by atoms with E-state index in [9.17, 15) is 22.0 Å². The lowest BCUT2D eigenvalue weighted by atomic mass is 10.2. The van der Waals surface area contributed by atoms with Crippen molar-refractivity contribution >= 4 is 21.6 Å². The minimum absolute atomic E-state index is 0.0104. The zero-order valence-corrected chi connectivity index (χ0v) is 17.1. The SMILES string of the molecule is CN(CCCC(=O)Nc1cc(-n2cccc2)ccc1F)S(=O)(=O)c1ccc(F)cc1. The van der Waals surface area contributed by atoms with Gasteiger partial charge in [-0.25, -0.2) is 21.5 Å². The van der Waals surface area contributed by atoms with E-state index in [1.807, 2.05) is 12.1 Å². The molecule has 0 unspecified atom stereocenters. The molecule has 3 rings (SSSR count). The van der Waals surface area contributed by atoms with Crippen LogP contribution in [0.4, 0.5) is 14.5 Å². The molecule has 0 aliphatic carbocycles. The van der Waals surface area contributed by atoms with E-state index < -0.39 is 27.6 Å². The van der Waals surface area contributed by atoms with Crippen LogP contribution in [0.5, 0.6) is 0 Å². The second kappa shape index (κ2) is 9.19. The van der Waals surface area contributed by atoms with Gasteiger partial charge in [-0.3, -0.25) is 4.79 Å². The lowest BCUT2D eigenvalue weighted by molar-refractivity contribution is -0.116. The molecule has 1 N–H and O–H groups in total. The van der Waals surface area contributed by atoms with Crippen molar-refractivity contribution in [3.63, 3.8) is 0 Å². The lowest BCUT2D eigenvalue weighted by Gasteiger charge is -2.17. The second-order valence-electron chi connectivity index (χ2n) is 6.69. The van der Waals surface area contributed by atoms with E-state index in [1.165, 1.54) is 31.3 Å². The minimum Gasteiger partial charge on any atom is -0.324 e. The number of amides is 1. The Bertz CT molecular complexity index is 1110. The molecule has 0 atom stereocenters. The van der Waals surface area contributed by atoms with Crippen molar-refractivity contribution in [2.24, 2.45) is 0 Å². The molecule has 0 aliphatic heterocycles. The summed E-state index contributed by atoms with van der Waals surface area (Å²) in [5, 5.41) is 2.53. The van der Waals surface area contributed by atoms with E-state index in [0.29, 0.717) is 5.69 Å². The number of nitrogens with one attached hydrogen (secondary N) is 1. The molecule has 0 radical (unpaired) electrons. The Morgan fingerprint density at radius 2 is 1.73 bits per heavy atom. The van der Waals surface area contributed by atoms with Crippen LogP contribution < -0.4 is 5.32 Å². The Kier molecular flexibility index (Phi) is 6.63. The van der Waals surface area contributed by atoms with Gasteiger partial charge in [-0.05, 0) is 61.0 Å². The number of aromatic nitrogens is 1. The summed E-state index contributed by atoms with van der Waals surface area (Å²) in [5.74, 6) is -1.51. The van der Waals surface area contributed by atoms with E-state index in [1.54, 1.807) is 23.0 Å². The van der Waals surface area contributed by atoms with E-state index >= 15 is 0 Å². The minimum atomic E-state index is -3.78. The normalized spacial score (nSPS) is 11.6. The Hall–Kier alpha value is -3.04. The smallest absolute Gasteiger partial charge is 0.242 e. The average molecular weight is 433 g/mol. The molecule has 0 saturated carbocycles. The Labute approximate surface area is 173 Å². The first-order valence-corrected chi connectivity index (χ1v) is 10.7. The van der Waals surface area contributed by atoms with Crippen LogP contribution in [0, 0.1) is 11.6 Å². The highest BCUT2D eigenvalue weighted by atomic mass is 32.2. The Balaban J connectivity index is 1.56. The van der Waals surface area contributed by atoms with Crippen molar-refractivity contribution in [3.05, 3.63) is 78.6 Å². The van der Waals surface area contributed by atoms with E-state index in [-0.39, 0.29) is 30.0 Å². The van der Waals surface area contributed by atoms with Crippen LogP contribution in [0.3, 0.4) is 0 Å². The van der Waals surface area contributed by atoms with Crippen LogP contribution >= 0.6 is 0 Å². The van der Waals surface area contributed by atoms with Gasteiger partial charge in [0.1, 0.15) is 11.6 Å². The summed E-state index contributed by atoms with van der Waals surface area (Å²) in [6, 6.07) is 12.6. The molecule has 2 aromatic carbocycles. The molecule has 30 heavy (non-hydrogen) atoms. The van der Waals surface area contributed by atoms with Gasteiger partial charge in [0.2, 0.25) is 15.9 Å². The van der Waals surface area contributed by atoms with Gasteiger partial charge in [0.05, 0.1) is 10.6 Å². The predicted octanol–water partition coefficient (Wildman–Crippen LogP) is 3.79. The van der Waals surface area contributed by atoms with E-state index in [2.05, 4.69) is 5.32 Å². The number of sulfonamides is 1. The summed E-state index contributed by atoms with van der Waals surface area (Å²) >= 11 is 0. The van der Waals surface area contributed by atoms with Gasteiger partial charge in [0, 0.05) is 38.1 Å². The third-order valence-electron chi connectivity index (χ3n) is 4.53. The fraction of sp³-hybridized carbons (Fsp3) is 0.190. The number of benzene rings is 2. The third kappa shape index (κ3) is 5.11. The fourth-order valence-electron chi connectivity index (χ4n) is 2.86. The van der Waals surface area contributed by atoms with Crippen molar-refractivity contribution in [1.82, 2.24) is 8.87 Å². The molecule has 0 saturated heterocycles. The summed E-state index contributed by atoms with van der Waals surface area (Å²) in [6.45, 7) is 0.0824. The maximum absolute atomic E-state index is 14.1. The number of nitrogens with zero attached hydrogens (tertiary/aromatic N) is 2. The molecule has 1 amide bonds. The molecule has 0 bridgehead atoms. The topological polar surface area (TPSA) is 71.4 Å². The van der Waals surface area contributed by atoms with Crippen molar-refractivity contribution in [2.75, 3.05) is 18.9 Å². The largest absolute Gasteiger partial charge is 0.324 e. The van der Waals surface area contributed by atoms with Crippen LogP contribution in [0.25, 0.3) is 5.69 Å². The van der Waals surface area contributed by atoms with Crippen LogP contribution in [0.15, 0.2) is 71.9 Å². The third-order valence-corrected chi connectivity index (χ3v) is 6.40. The molecule has 1 aromatic heterocycles. The number of hydrogen-bond donors (Lipinski definition) is 1. The van der Waals surface area contributed by atoms with Crippen LogP contribution in [-0.2, 0) is 14.8 Å². The highest BCUT2D eigenvalue weighted by molar-refractivity contribution is 7.89. The molecule has 158 valence electrons. The number of rotatable bonds is 8. The number of carbonyl (C=O) groups is 1. The molecule has 0 aliphatic rings. The zero-order chi connectivity index (χ0) is 21.7. The summed E-state index contributed by atoms with van der Waals surface area (Å²) in [5.41, 5.74) is 0.750. The van der Waals surface area contributed by atoms with Crippen molar-refractivity contribution in [3.8, 4) is 5.69 Å². The molecular weight excluding hydrogens is 412 g/mol. The van der Waals surface area contributed by atoms with Gasteiger partial charge < -0.3 is 9.88 Å². The summed E-state index contributed by atoms with van der Waals surface area (Å²) in [7, 11) is -2.39. The lowest BCUT2D eigenvalue weighted by Crippen LogP contribution is -2.28. The molecular formula is C21H21F2N3O3S. The number of halogens is 2. The molecule has 6 nitrogen and oxygen atoms in total. The first-order chi connectivity index (χ1) is 14.3. The van der Waals surface area contributed by atoms with Gasteiger partial charge >= 0.3 is 0 Å². The predicted molar refractivity (Wildman–Crippen MR) is 110 cm³/mol. The van der Waals surface area contributed by atoms with Crippen LogP contribution in [0.1, 0.15) is 12.8 Å². The quantitative estimate of drug-likeness (QED) is 0.588. The highest BCUT2D eigenvalue weighted by Crippen LogP contribution is 2.20. The first kappa shape index (κ1) is 21.7.